The number of carbonyl (C=O) groups is 1. The third-order valence-electron chi connectivity index (χ3n) is 3.50. The zero-order chi connectivity index (χ0) is 17.4. The number of fused-ring (bicyclic) bond motifs is 1. The second kappa shape index (κ2) is 6.17. The summed E-state index contributed by atoms with van der Waals surface area (Å²) in [5.74, 6) is -2.09. The van der Waals surface area contributed by atoms with Gasteiger partial charge in [0.2, 0.25) is 5.91 Å². The van der Waals surface area contributed by atoms with Crippen LogP contribution in [-0.4, -0.2) is 44.8 Å². The topological polar surface area (TPSA) is 90.9 Å². The van der Waals surface area contributed by atoms with Crippen LogP contribution in [0.3, 0.4) is 0 Å². The van der Waals surface area contributed by atoms with Gasteiger partial charge in [0.1, 0.15) is 5.75 Å². The summed E-state index contributed by atoms with van der Waals surface area (Å²) in [7, 11) is -3.63. The van der Waals surface area contributed by atoms with Crippen molar-refractivity contribution < 1.29 is 36.2 Å². The van der Waals surface area contributed by atoms with Gasteiger partial charge >= 0.3 is 6.29 Å². The second-order valence-corrected chi connectivity index (χ2v) is 7.68. The van der Waals surface area contributed by atoms with Gasteiger partial charge in [-0.1, -0.05) is 0 Å². The lowest BCUT2D eigenvalue weighted by atomic mass is 10.3. The molecular weight excluding hydrogens is 348 g/mol. The maximum Gasteiger partial charge on any atom is 0.586 e. The van der Waals surface area contributed by atoms with Crippen molar-refractivity contribution in [2.75, 3.05) is 23.4 Å². The number of alkyl halides is 2. The van der Waals surface area contributed by atoms with E-state index < -0.39 is 27.8 Å². The molecule has 2 aliphatic heterocycles. The van der Waals surface area contributed by atoms with Gasteiger partial charge in [-0.15, -0.1) is 8.78 Å². The summed E-state index contributed by atoms with van der Waals surface area (Å²) in [6.45, 7) is 0.522. The summed E-state index contributed by atoms with van der Waals surface area (Å²) in [5, 5.41) is 2.34. The number of nitrogens with one attached hydrogen (secondary N) is 1. The van der Waals surface area contributed by atoms with Crippen molar-refractivity contribution in [3.05, 3.63) is 18.2 Å². The van der Waals surface area contributed by atoms with E-state index in [2.05, 4.69) is 14.8 Å². The average Bonchev–Trinajstić information content (AvgIpc) is 3.02. The van der Waals surface area contributed by atoms with Gasteiger partial charge in [-0.3, -0.25) is 4.79 Å². The molecule has 2 heterocycles. The van der Waals surface area contributed by atoms with Crippen LogP contribution >= 0.6 is 0 Å². The Hall–Kier alpha value is -1.94. The molecule has 0 radical (unpaired) electrons. The number of hydrogen-bond donors (Lipinski definition) is 1. The quantitative estimate of drug-likeness (QED) is 0.853. The van der Waals surface area contributed by atoms with Crippen LogP contribution in [0, 0.1) is 0 Å². The fourth-order valence-electron chi connectivity index (χ4n) is 2.54. The molecule has 132 valence electrons. The van der Waals surface area contributed by atoms with E-state index >= 15 is 0 Å². The standard InChI is InChI=1S/C14H15F2NO6S/c15-14(16)22-11-4-3-9(6-12(11)23-14)17-13(18)8-24(19,20)7-10-2-1-5-21-10/h3-4,6,10H,1-2,5,7-8H2,(H,17,18)/t10-/m0/s1. The highest BCUT2D eigenvalue weighted by molar-refractivity contribution is 7.92. The van der Waals surface area contributed by atoms with Gasteiger partial charge in [-0.2, -0.15) is 0 Å². The van der Waals surface area contributed by atoms with Crippen molar-refractivity contribution in [1.29, 1.82) is 0 Å². The summed E-state index contributed by atoms with van der Waals surface area (Å²) < 4.78 is 63.5. The monoisotopic (exact) mass is 363 g/mol. The number of anilines is 1. The molecule has 0 unspecified atom stereocenters. The molecule has 1 aromatic rings. The molecule has 1 amide bonds. The maximum atomic E-state index is 12.9. The first-order valence-electron chi connectivity index (χ1n) is 7.24. The van der Waals surface area contributed by atoms with Crippen LogP contribution in [0.25, 0.3) is 0 Å². The lowest BCUT2D eigenvalue weighted by Gasteiger charge is -2.10. The Kier molecular flexibility index (Phi) is 4.35. The maximum absolute atomic E-state index is 12.9. The predicted octanol–water partition coefficient (Wildman–Crippen LogP) is 1.54. The minimum Gasteiger partial charge on any atom is -0.395 e. The summed E-state index contributed by atoms with van der Waals surface area (Å²) >= 11 is 0. The number of amides is 1. The fourth-order valence-corrected chi connectivity index (χ4v) is 3.96. The molecular formula is C14H15F2NO6S. The normalized spacial score (nSPS) is 21.7. The van der Waals surface area contributed by atoms with Crippen LogP contribution in [0.2, 0.25) is 0 Å². The molecule has 1 fully saturated rings. The van der Waals surface area contributed by atoms with Crippen LogP contribution in [0.4, 0.5) is 14.5 Å². The Balaban J connectivity index is 1.59. The highest BCUT2D eigenvalue weighted by Gasteiger charge is 2.43. The number of hydrogen-bond acceptors (Lipinski definition) is 6. The molecule has 0 bridgehead atoms. The Morgan fingerprint density at radius 2 is 2.04 bits per heavy atom. The second-order valence-electron chi connectivity index (χ2n) is 5.57. The van der Waals surface area contributed by atoms with Gasteiger partial charge in [0.25, 0.3) is 0 Å². The molecule has 1 saturated heterocycles. The Morgan fingerprint density at radius 1 is 1.29 bits per heavy atom. The lowest BCUT2D eigenvalue weighted by molar-refractivity contribution is -0.286. The zero-order valence-corrected chi connectivity index (χ0v) is 13.3. The summed E-state index contributed by atoms with van der Waals surface area (Å²) in [4.78, 5) is 11.9. The van der Waals surface area contributed by atoms with Crippen molar-refractivity contribution in [2.24, 2.45) is 0 Å². The summed E-state index contributed by atoms with van der Waals surface area (Å²) in [5.41, 5.74) is 0.132. The first-order valence-corrected chi connectivity index (χ1v) is 9.06. The predicted molar refractivity (Wildman–Crippen MR) is 78.9 cm³/mol. The van der Waals surface area contributed by atoms with Crippen LogP contribution in [0.15, 0.2) is 18.2 Å². The summed E-state index contributed by atoms with van der Waals surface area (Å²) in [6, 6.07) is 3.65. The smallest absolute Gasteiger partial charge is 0.395 e. The van der Waals surface area contributed by atoms with Crippen LogP contribution in [0.5, 0.6) is 11.5 Å². The molecule has 0 aliphatic carbocycles. The molecule has 24 heavy (non-hydrogen) atoms. The van der Waals surface area contributed by atoms with Gasteiger partial charge in [-0.05, 0) is 25.0 Å². The average molecular weight is 363 g/mol. The van der Waals surface area contributed by atoms with E-state index in [1.807, 2.05) is 0 Å². The van der Waals surface area contributed by atoms with Crippen molar-refractivity contribution in [2.45, 2.75) is 25.2 Å². The van der Waals surface area contributed by atoms with Crippen molar-refractivity contribution >= 4 is 21.4 Å². The molecule has 1 aromatic carbocycles. The third-order valence-corrected chi connectivity index (χ3v) is 5.08. The number of benzene rings is 1. The van der Waals surface area contributed by atoms with Crippen molar-refractivity contribution in [3.8, 4) is 11.5 Å². The minimum atomic E-state index is -3.75. The van der Waals surface area contributed by atoms with E-state index in [-0.39, 0.29) is 29.0 Å². The number of halogens is 2. The van der Waals surface area contributed by atoms with E-state index in [0.717, 1.165) is 12.5 Å². The van der Waals surface area contributed by atoms with E-state index in [9.17, 15) is 22.0 Å². The largest absolute Gasteiger partial charge is 0.586 e. The highest BCUT2D eigenvalue weighted by atomic mass is 32.2. The van der Waals surface area contributed by atoms with E-state index in [1.165, 1.54) is 12.1 Å². The SMILES string of the molecule is O=C(CS(=O)(=O)C[C@@H]1CCCO1)Nc1ccc2c(c1)OC(F)(F)O2. The number of sulfone groups is 1. The first kappa shape index (κ1) is 16.9. The number of carbonyl (C=O) groups excluding carboxylic acids is 1. The number of rotatable bonds is 5. The summed E-state index contributed by atoms with van der Waals surface area (Å²) in [6.07, 6.45) is -2.68. The molecule has 7 nitrogen and oxygen atoms in total. The molecule has 0 saturated carbocycles. The van der Waals surface area contributed by atoms with E-state index in [1.54, 1.807) is 0 Å². The van der Waals surface area contributed by atoms with E-state index in [0.29, 0.717) is 13.0 Å². The van der Waals surface area contributed by atoms with Crippen molar-refractivity contribution in [1.82, 2.24) is 0 Å². The van der Waals surface area contributed by atoms with Gasteiger partial charge in [0.15, 0.2) is 21.3 Å². The molecule has 10 heteroatoms. The molecule has 0 spiro atoms. The van der Waals surface area contributed by atoms with Gasteiger partial charge in [0, 0.05) is 18.4 Å². The van der Waals surface area contributed by atoms with E-state index in [4.69, 9.17) is 4.74 Å². The van der Waals surface area contributed by atoms with Crippen molar-refractivity contribution in [3.63, 3.8) is 0 Å². The van der Waals surface area contributed by atoms with Crippen LogP contribution < -0.4 is 14.8 Å². The van der Waals surface area contributed by atoms with Crippen LogP contribution in [-0.2, 0) is 19.4 Å². The molecule has 1 N–H and O–H groups in total. The highest BCUT2D eigenvalue weighted by Crippen LogP contribution is 2.42. The molecule has 1 atom stereocenters. The Labute approximate surface area is 136 Å². The lowest BCUT2D eigenvalue weighted by Crippen LogP contribution is -2.29. The Bertz CT molecular complexity index is 746. The van der Waals surface area contributed by atoms with Gasteiger partial charge < -0.3 is 19.5 Å². The third kappa shape index (κ3) is 4.12. The van der Waals surface area contributed by atoms with Gasteiger partial charge in [-0.25, -0.2) is 8.42 Å². The zero-order valence-electron chi connectivity index (χ0n) is 12.5. The molecule has 3 rings (SSSR count). The van der Waals surface area contributed by atoms with Crippen LogP contribution in [0.1, 0.15) is 12.8 Å². The minimum absolute atomic E-state index is 0.132. The fraction of sp³-hybridized carbons (Fsp3) is 0.500. The Morgan fingerprint density at radius 3 is 2.75 bits per heavy atom. The molecule has 2 aliphatic rings. The first-order chi connectivity index (χ1) is 11.2. The molecule has 0 aromatic heterocycles. The van der Waals surface area contributed by atoms with Gasteiger partial charge in [0.05, 0.1) is 11.9 Å². The number of ether oxygens (including phenoxy) is 3.